The third-order valence-corrected chi connectivity index (χ3v) is 3.70. The van der Waals surface area contributed by atoms with Crippen LogP contribution in [0.4, 0.5) is 5.69 Å². The average molecular weight is 280 g/mol. The normalized spacial score (nSPS) is 13.9. The molecule has 1 saturated carbocycles. The number of carbonyl (C=O) groups is 1. The van der Waals surface area contributed by atoms with E-state index in [0.717, 1.165) is 29.3 Å². The van der Waals surface area contributed by atoms with Crippen molar-refractivity contribution in [2.45, 2.75) is 12.8 Å². The molecule has 3 nitrogen and oxygen atoms in total. The lowest BCUT2D eigenvalue weighted by Gasteiger charge is -2.11. The summed E-state index contributed by atoms with van der Waals surface area (Å²) in [5.41, 5.74) is 3.02. The van der Waals surface area contributed by atoms with Gasteiger partial charge in [0.25, 0.3) is 0 Å². The number of hydrogen-bond acceptors (Lipinski definition) is 2. The molecule has 2 aromatic carbocycles. The molecular weight excluding hydrogens is 260 g/mol. The van der Waals surface area contributed by atoms with Gasteiger partial charge in [-0.15, -0.1) is 0 Å². The summed E-state index contributed by atoms with van der Waals surface area (Å²) in [6.07, 6.45) is 2.59. The molecule has 0 aromatic heterocycles. The largest absolute Gasteiger partial charge is 0.324 e. The number of benzene rings is 2. The Hall–Kier alpha value is -2.13. The monoisotopic (exact) mass is 280 g/mol. The second-order valence-corrected chi connectivity index (χ2v) is 5.53. The third-order valence-electron chi connectivity index (χ3n) is 3.70. The van der Waals surface area contributed by atoms with Gasteiger partial charge in [0.05, 0.1) is 6.54 Å². The van der Waals surface area contributed by atoms with Gasteiger partial charge in [-0.05, 0) is 36.9 Å². The lowest BCUT2D eigenvalue weighted by molar-refractivity contribution is -0.115. The van der Waals surface area contributed by atoms with Crippen LogP contribution < -0.4 is 10.6 Å². The van der Waals surface area contributed by atoms with Crippen molar-refractivity contribution >= 4 is 11.6 Å². The molecule has 1 aliphatic carbocycles. The lowest BCUT2D eigenvalue weighted by Crippen LogP contribution is -2.29. The lowest BCUT2D eigenvalue weighted by atomic mass is 10.0. The van der Waals surface area contributed by atoms with Crippen LogP contribution in [0.15, 0.2) is 54.6 Å². The summed E-state index contributed by atoms with van der Waals surface area (Å²) in [5.74, 6) is 0.799. The van der Waals surface area contributed by atoms with Crippen LogP contribution in [0, 0.1) is 5.92 Å². The van der Waals surface area contributed by atoms with Gasteiger partial charge in [-0.2, -0.15) is 0 Å². The van der Waals surface area contributed by atoms with Crippen LogP contribution in [0.2, 0.25) is 0 Å². The molecule has 0 saturated heterocycles. The number of amides is 1. The SMILES string of the molecule is O=C(CNCC1CC1)Nc1ccccc1-c1ccccc1. The maximum atomic E-state index is 12.0. The third kappa shape index (κ3) is 3.92. The van der Waals surface area contributed by atoms with Gasteiger partial charge in [-0.1, -0.05) is 48.5 Å². The summed E-state index contributed by atoms with van der Waals surface area (Å²) < 4.78 is 0. The molecule has 0 radical (unpaired) electrons. The highest BCUT2D eigenvalue weighted by Crippen LogP contribution is 2.28. The molecule has 1 amide bonds. The maximum absolute atomic E-state index is 12.0. The quantitative estimate of drug-likeness (QED) is 0.852. The minimum atomic E-state index is 0.0130. The first-order valence-electron chi connectivity index (χ1n) is 7.48. The summed E-state index contributed by atoms with van der Waals surface area (Å²) >= 11 is 0. The first-order chi connectivity index (χ1) is 10.3. The van der Waals surface area contributed by atoms with Crippen molar-refractivity contribution in [1.82, 2.24) is 5.32 Å². The topological polar surface area (TPSA) is 41.1 Å². The highest BCUT2D eigenvalue weighted by molar-refractivity contribution is 5.96. The number of carbonyl (C=O) groups excluding carboxylic acids is 1. The maximum Gasteiger partial charge on any atom is 0.238 e. The predicted molar refractivity (Wildman–Crippen MR) is 86.1 cm³/mol. The summed E-state index contributed by atoms with van der Waals surface area (Å²) in [7, 11) is 0. The summed E-state index contributed by atoms with van der Waals surface area (Å²) in [6, 6.07) is 18.0. The Labute approximate surface area is 125 Å². The molecule has 2 aromatic rings. The van der Waals surface area contributed by atoms with Crippen LogP contribution in [-0.4, -0.2) is 19.0 Å². The van der Waals surface area contributed by atoms with Crippen LogP contribution in [-0.2, 0) is 4.79 Å². The van der Waals surface area contributed by atoms with E-state index in [0.29, 0.717) is 6.54 Å². The van der Waals surface area contributed by atoms with Gasteiger partial charge in [-0.3, -0.25) is 4.79 Å². The van der Waals surface area contributed by atoms with E-state index >= 15 is 0 Å². The van der Waals surface area contributed by atoms with E-state index in [-0.39, 0.29) is 5.91 Å². The number of para-hydroxylation sites is 1. The first-order valence-corrected chi connectivity index (χ1v) is 7.48. The Morgan fingerprint density at radius 3 is 2.48 bits per heavy atom. The van der Waals surface area contributed by atoms with Gasteiger partial charge in [0.2, 0.25) is 5.91 Å². The van der Waals surface area contributed by atoms with E-state index in [1.54, 1.807) is 0 Å². The van der Waals surface area contributed by atoms with Crippen LogP contribution in [0.5, 0.6) is 0 Å². The summed E-state index contributed by atoms with van der Waals surface area (Å²) in [6.45, 7) is 1.33. The standard InChI is InChI=1S/C18H20N2O/c21-18(13-19-12-14-10-11-14)20-17-9-5-4-8-16(17)15-6-2-1-3-7-15/h1-9,14,19H,10-13H2,(H,20,21). The number of hydrogen-bond donors (Lipinski definition) is 2. The van der Waals surface area contributed by atoms with Crippen molar-refractivity contribution in [3.8, 4) is 11.1 Å². The Bertz CT molecular complexity index is 606. The zero-order chi connectivity index (χ0) is 14.5. The Morgan fingerprint density at radius 2 is 1.71 bits per heavy atom. The van der Waals surface area contributed by atoms with Gasteiger partial charge in [-0.25, -0.2) is 0 Å². The van der Waals surface area contributed by atoms with E-state index in [1.165, 1.54) is 12.8 Å². The molecule has 0 aliphatic heterocycles. The second kappa shape index (κ2) is 6.55. The van der Waals surface area contributed by atoms with Crippen molar-refractivity contribution in [3.63, 3.8) is 0 Å². The molecule has 0 atom stereocenters. The van der Waals surface area contributed by atoms with E-state index in [2.05, 4.69) is 22.8 Å². The van der Waals surface area contributed by atoms with Crippen LogP contribution in [0.1, 0.15) is 12.8 Å². The van der Waals surface area contributed by atoms with Gasteiger partial charge in [0.15, 0.2) is 0 Å². The van der Waals surface area contributed by atoms with Crippen LogP contribution in [0.3, 0.4) is 0 Å². The van der Waals surface area contributed by atoms with Crippen molar-refractivity contribution in [2.24, 2.45) is 5.92 Å². The first kappa shape index (κ1) is 13.8. The van der Waals surface area contributed by atoms with E-state index < -0.39 is 0 Å². The molecule has 0 unspecified atom stereocenters. The highest BCUT2D eigenvalue weighted by Gasteiger charge is 2.20. The van der Waals surface area contributed by atoms with Gasteiger partial charge < -0.3 is 10.6 Å². The molecule has 1 aliphatic rings. The zero-order valence-electron chi connectivity index (χ0n) is 12.0. The van der Waals surface area contributed by atoms with Gasteiger partial charge in [0.1, 0.15) is 0 Å². The molecule has 3 rings (SSSR count). The van der Waals surface area contributed by atoms with E-state index in [9.17, 15) is 4.79 Å². The van der Waals surface area contributed by atoms with Crippen LogP contribution in [0.25, 0.3) is 11.1 Å². The molecule has 108 valence electrons. The molecule has 1 fully saturated rings. The fourth-order valence-corrected chi connectivity index (χ4v) is 2.37. The molecule has 0 heterocycles. The van der Waals surface area contributed by atoms with Gasteiger partial charge in [0, 0.05) is 11.3 Å². The molecule has 21 heavy (non-hydrogen) atoms. The van der Waals surface area contributed by atoms with Crippen molar-refractivity contribution in [2.75, 3.05) is 18.4 Å². The van der Waals surface area contributed by atoms with E-state index in [4.69, 9.17) is 0 Å². The smallest absolute Gasteiger partial charge is 0.238 e. The number of nitrogens with one attached hydrogen (secondary N) is 2. The van der Waals surface area contributed by atoms with Crippen molar-refractivity contribution < 1.29 is 4.79 Å². The Balaban J connectivity index is 1.65. The Morgan fingerprint density at radius 1 is 1.00 bits per heavy atom. The minimum absolute atomic E-state index is 0.0130. The number of rotatable bonds is 6. The fraction of sp³-hybridized carbons (Fsp3) is 0.278. The summed E-state index contributed by atoms with van der Waals surface area (Å²) in [5, 5.41) is 6.22. The number of anilines is 1. The minimum Gasteiger partial charge on any atom is -0.324 e. The molecule has 3 heteroatoms. The van der Waals surface area contributed by atoms with E-state index in [1.807, 2.05) is 42.5 Å². The average Bonchev–Trinajstić information content (AvgIpc) is 3.33. The van der Waals surface area contributed by atoms with Crippen LogP contribution >= 0.6 is 0 Å². The predicted octanol–water partition coefficient (Wildman–Crippen LogP) is 3.29. The zero-order valence-corrected chi connectivity index (χ0v) is 12.0. The second-order valence-electron chi connectivity index (χ2n) is 5.53. The highest BCUT2D eigenvalue weighted by atomic mass is 16.1. The van der Waals surface area contributed by atoms with Crippen molar-refractivity contribution in [3.05, 3.63) is 54.6 Å². The van der Waals surface area contributed by atoms with Gasteiger partial charge >= 0.3 is 0 Å². The van der Waals surface area contributed by atoms with Crippen molar-refractivity contribution in [1.29, 1.82) is 0 Å². The Kier molecular flexibility index (Phi) is 4.31. The molecule has 0 bridgehead atoms. The molecule has 2 N–H and O–H groups in total. The summed E-state index contributed by atoms with van der Waals surface area (Å²) in [4.78, 5) is 12.0. The molecule has 0 spiro atoms. The molecular formula is C18H20N2O. The fourth-order valence-electron chi connectivity index (χ4n) is 2.37.